The fraction of sp³-hybridized carbons (Fsp3) is 0.929. The Morgan fingerprint density at radius 2 is 1.91 bits per heavy atom. The van der Waals surface area contributed by atoms with Gasteiger partial charge < -0.3 is 10.6 Å². The maximum absolute atomic E-state index is 11.9. The third-order valence-corrected chi connectivity index (χ3v) is 5.82. The molecule has 0 aromatic carbocycles. The number of thioether (sulfide) groups is 1. The molecule has 0 bridgehead atoms. The number of hydrogen-bond acceptors (Lipinski definition) is 4. The molecule has 0 spiro atoms. The number of halogens is 1. The van der Waals surface area contributed by atoms with Gasteiger partial charge in [-0.1, -0.05) is 6.42 Å². The van der Waals surface area contributed by atoms with Gasteiger partial charge in [-0.25, -0.2) is 13.1 Å². The van der Waals surface area contributed by atoms with Crippen LogP contribution in [-0.4, -0.2) is 58.8 Å². The quantitative estimate of drug-likeness (QED) is 0.182. The first-order chi connectivity index (χ1) is 10.6. The predicted molar refractivity (Wildman–Crippen MR) is 112 cm³/mol. The largest absolute Gasteiger partial charge is 0.356 e. The number of nitrogens with one attached hydrogen (secondary N) is 3. The van der Waals surface area contributed by atoms with Gasteiger partial charge in [0.15, 0.2) is 5.96 Å². The predicted octanol–water partition coefficient (Wildman–Crippen LogP) is 1.63. The van der Waals surface area contributed by atoms with Crippen molar-refractivity contribution in [3.05, 3.63) is 0 Å². The second-order valence-electron chi connectivity index (χ2n) is 5.59. The van der Waals surface area contributed by atoms with Gasteiger partial charge in [-0.15, -0.1) is 24.0 Å². The van der Waals surface area contributed by atoms with Crippen LogP contribution in [0.1, 0.15) is 32.1 Å². The third-order valence-electron chi connectivity index (χ3n) is 3.77. The molecule has 0 unspecified atom stereocenters. The van der Waals surface area contributed by atoms with Gasteiger partial charge >= 0.3 is 0 Å². The van der Waals surface area contributed by atoms with E-state index in [9.17, 15) is 8.42 Å². The summed E-state index contributed by atoms with van der Waals surface area (Å²) in [6.07, 6.45) is 7.88. The summed E-state index contributed by atoms with van der Waals surface area (Å²) >= 11 is 1.85. The normalized spacial score (nSPS) is 15.7. The van der Waals surface area contributed by atoms with Crippen molar-refractivity contribution >= 4 is 51.7 Å². The van der Waals surface area contributed by atoms with Gasteiger partial charge in [0.1, 0.15) is 0 Å². The van der Waals surface area contributed by atoms with E-state index in [-0.39, 0.29) is 29.7 Å². The fourth-order valence-corrected chi connectivity index (χ4v) is 3.61. The van der Waals surface area contributed by atoms with Crippen molar-refractivity contribution < 1.29 is 8.42 Å². The number of unbranched alkanes of at least 4 members (excludes halogenated alkanes) is 1. The van der Waals surface area contributed by atoms with Gasteiger partial charge in [0.2, 0.25) is 10.0 Å². The molecule has 23 heavy (non-hydrogen) atoms. The van der Waals surface area contributed by atoms with Crippen LogP contribution in [-0.2, 0) is 10.0 Å². The van der Waals surface area contributed by atoms with E-state index < -0.39 is 10.0 Å². The number of sulfonamides is 1. The molecule has 0 aliphatic heterocycles. The molecule has 0 amide bonds. The topological polar surface area (TPSA) is 82.6 Å². The zero-order valence-corrected chi connectivity index (χ0v) is 18.1. The molecule has 0 aromatic rings. The van der Waals surface area contributed by atoms with Crippen molar-refractivity contribution in [3.8, 4) is 0 Å². The van der Waals surface area contributed by atoms with Crippen LogP contribution in [0, 0.1) is 5.92 Å². The van der Waals surface area contributed by atoms with Crippen LogP contribution in [0.15, 0.2) is 4.99 Å². The molecule has 138 valence electrons. The summed E-state index contributed by atoms with van der Waals surface area (Å²) < 4.78 is 26.4. The summed E-state index contributed by atoms with van der Waals surface area (Å²) in [6.45, 7) is 1.81. The number of guanidine groups is 1. The highest BCUT2D eigenvalue weighted by Crippen LogP contribution is 2.25. The standard InChI is InChI=1S/C14H30N4O2S2.HI/c1-15-14(16-8-3-4-10-21-2)17-9-11-22(19,20)18-12-13-6-5-7-13;/h13,18H,3-12H2,1-2H3,(H2,15,16,17);1H. The maximum Gasteiger partial charge on any atom is 0.213 e. The first-order valence-corrected chi connectivity index (χ1v) is 11.0. The van der Waals surface area contributed by atoms with Gasteiger partial charge in [0.05, 0.1) is 5.75 Å². The lowest BCUT2D eigenvalue weighted by molar-refractivity contribution is 0.316. The molecule has 3 N–H and O–H groups in total. The lowest BCUT2D eigenvalue weighted by Gasteiger charge is -2.25. The van der Waals surface area contributed by atoms with Crippen LogP contribution >= 0.6 is 35.7 Å². The van der Waals surface area contributed by atoms with Crippen LogP contribution in [0.4, 0.5) is 0 Å². The van der Waals surface area contributed by atoms with E-state index in [1.165, 1.54) is 18.6 Å². The van der Waals surface area contributed by atoms with Gasteiger partial charge in [0.25, 0.3) is 0 Å². The SMILES string of the molecule is CN=C(NCCCCSC)NCCS(=O)(=O)NCC1CCC1.I. The van der Waals surface area contributed by atoms with E-state index >= 15 is 0 Å². The van der Waals surface area contributed by atoms with Gasteiger partial charge in [-0.3, -0.25) is 4.99 Å². The summed E-state index contributed by atoms with van der Waals surface area (Å²) in [5, 5.41) is 6.24. The van der Waals surface area contributed by atoms with Crippen LogP contribution in [0.5, 0.6) is 0 Å². The Balaban J connectivity index is 0.00000484. The van der Waals surface area contributed by atoms with Crippen LogP contribution in [0.2, 0.25) is 0 Å². The highest BCUT2D eigenvalue weighted by molar-refractivity contribution is 14.0. The van der Waals surface area contributed by atoms with Gasteiger partial charge in [-0.05, 0) is 43.6 Å². The molecule has 0 atom stereocenters. The van der Waals surface area contributed by atoms with Gasteiger partial charge in [-0.2, -0.15) is 11.8 Å². The summed E-state index contributed by atoms with van der Waals surface area (Å²) in [5.41, 5.74) is 0. The van der Waals surface area contributed by atoms with Crippen LogP contribution in [0.3, 0.4) is 0 Å². The van der Waals surface area contributed by atoms with E-state index in [0.29, 0.717) is 25.0 Å². The zero-order chi connectivity index (χ0) is 16.3. The van der Waals surface area contributed by atoms with E-state index in [1.807, 2.05) is 11.8 Å². The number of rotatable bonds is 11. The average molecular weight is 478 g/mol. The number of nitrogens with zero attached hydrogens (tertiary/aromatic N) is 1. The molecule has 6 nitrogen and oxygen atoms in total. The molecule has 1 rings (SSSR count). The minimum atomic E-state index is -3.19. The van der Waals surface area contributed by atoms with Crippen molar-refractivity contribution in [1.29, 1.82) is 0 Å². The molecule has 9 heteroatoms. The Kier molecular flexibility index (Phi) is 13.7. The lowest BCUT2D eigenvalue weighted by Crippen LogP contribution is -2.42. The molecule has 1 fully saturated rings. The monoisotopic (exact) mass is 478 g/mol. The summed E-state index contributed by atoms with van der Waals surface area (Å²) in [6, 6.07) is 0. The minimum Gasteiger partial charge on any atom is -0.356 e. The summed E-state index contributed by atoms with van der Waals surface area (Å²) in [5.74, 6) is 2.45. The molecular weight excluding hydrogens is 447 g/mol. The molecule has 0 aromatic heterocycles. The smallest absolute Gasteiger partial charge is 0.213 e. The summed E-state index contributed by atoms with van der Waals surface area (Å²) in [4.78, 5) is 4.10. The molecule has 0 saturated heterocycles. The first kappa shape index (κ1) is 23.3. The van der Waals surface area contributed by atoms with Crippen molar-refractivity contribution in [1.82, 2.24) is 15.4 Å². The van der Waals surface area contributed by atoms with E-state index in [4.69, 9.17) is 0 Å². The molecular formula is C14H31IN4O2S2. The Hall–Kier alpha value is 0.260. The minimum absolute atomic E-state index is 0. The Labute approximate surface area is 162 Å². The highest BCUT2D eigenvalue weighted by Gasteiger charge is 2.19. The van der Waals surface area contributed by atoms with Crippen molar-refractivity contribution in [3.63, 3.8) is 0 Å². The number of hydrogen-bond donors (Lipinski definition) is 3. The van der Waals surface area contributed by atoms with E-state index in [0.717, 1.165) is 25.8 Å². The third kappa shape index (κ3) is 11.4. The van der Waals surface area contributed by atoms with Crippen molar-refractivity contribution in [2.24, 2.45) is 10.9 Å². The second kappa shape index (κ2) is 13.5. The second-order valence-corrected chi connectivity index (χ2v) is 8.50. The maximum atomic E-state index is 11.9. The average Bonchev–Trinajstić information content (AvgIpc) is 2.43. The lowest BCUT2D eigenvalue weighted by atomic mass is 9.86. The molecule has 1 aliphatic carbocycles. The van der Waals surface area contributed by atoms with Crippen LogP contribution in [0.25, 0.3) is 0 Å². The molecule has 1 aliphatic rings. The van der Waals surface area contributed by atoms with Gasteiger partial charge in [0, 0.05) is 26.7 Å². The zero-order valence-electron chi connectivity index (χ0n) is 14.1. The van der Waals surface area contributed by atoms with Crippen molar-refractivity contribution in [2.45, 2.75) is 32.1 Å². The number of aliphatic imine (C=N–C) groups is 1. The van der Waals surface area contributed by atoms with Crippen LogP contribution < -0.4 is 15.4 Å². The molecule has 0 radical (unpaired) electrons. The van der Waals surface area contributed by atoms with Crippen molar-refractivity contribution in [2.75, 3.05) is 44.4 Å². The Morgan fingerprint density at radius 3 is 2.48 bits per heavy atom. The first-order valence-electron chi connectivity index (χ1n) is 7.98. The summed E-state index contributed by atoms with van der Waals surface area (Å²) in [7, 11) is -1.49. The molecule has 1 saturated carbocycles. The Bertz CT molecular complexity index is 428. The fourth-order valence-electron chi connectivity index (χ4n) is 2.12. The highest BCUT2D eigenvalue weighted by atomic mass is 127. The molecule has 0 heterocycles. The Morgan fingerprint density at radius 1 is 1.22 bits per heavy atom. The van der Waals surface area contributed by atoms with E-state index in [2.05, 4.69) is 26.6 Å². The van der Waals surface area contributed by atoms with E-state index in [1.54, 1.807) is 7.05 Å².